The second-order valence-corrected chi connectivity index (χ2v) is 7.13. The molecule has 3 aromatic rings. The zero-order valence-corrected chi connectivity index (χ0v) is 16.0. The summed E-state index contributed by atoms with van der Waals surface area (Å²) in [5, 5.41) is 39.5. The topological polar surface area (TPSA) is 120 Å². The van der Waals surface area contributed by atoms with Crippen molar-refractivity contribution in [3.8, 4) is 28.7 Å². The largest absolute Gasteiger partial charge is 0.508 e. The van der Waals surface area contributed by atoms with Crippen LogP contribution in [-0.2, 0) is 18.2 Å². The third-order valence-corrected chi connectivity index (χ3v) is 4.93. The van der Waals surface area contributed by atoms with Gasteiger partial charge in [-0.1, -0.05) is 6.07 Å². The van der Waals surface area contributed by atoms with Gasteiger partial charge >= 0.3 is 5.97 Å². The summed E-state index contributed by atoms with van der Waals surface area (Å²) in [6.45, 7) is 0. The van der Waals surface area contributed by atoms with Crippen molar-refractivity contribution in [2.75, 3.05) is 0 Å². The maximum absolute atomic E-state index is 12.7. The molecule has 8 heteroatoms. The van der Waals surface area contributed by atoms with Crippen molar-refractivity contribution in [3.05, 3.63) is 71.5 Å². The zero-order valence-electron chi connectivity index (χ0n) is 16.0. The number of carbonyl (C=O) groups is 1. The fourth-order valence-electron chi connectivity index (χ4n) is 3.47. The molecule has 2 aromatic carbocycles. The molecule has 0 spiro atoms. The Balaban J connectivity index is 1.72. The summed E-state index contributed by atoms with van der Waals surface area (Å²) in [4.78, 5) is 12.7. The first-order valence-electron chi connectivity index (χ1n) is 9.21. The minimum absolute atomic E-state index is 0.123. The van der Waals surface area contributed by atoms with E-state index in [2.05, 4.69) is 0 Å². The number of benzene rings is 2. The average molecular weight is 410 g/mol. The van der Waals surface area contributed by atoms with Gasteiger partial charge in [0, 0.05) is 35.7 Å². The Hall–Kier alpha value is -3.94. The first-order chi connectivity index (χ1) is 14.3. The molecule has 30 heavy (non-hydrogen) atoms. The first-order valence-corrected chi connectivity index (χ1v) is 9.21. The average Bonchev–Trinajstić information content (AvgIpc) is 2.70. The Bertz CT molecular complexity index is 1130. The van der Waals surface area contributed by atoms with Gasteiger partial charge in [-0.15, -0.1) is 0 Å². The number of hydrogen-bond donors (Lipinski definition) is 4. The highest BCUT2D eigenvalue weighted by molar-refractivity contribution is 5.88. The first kappa shape index (κ1) is 19.4. The fraction of sp³-hybridized carbons (Fsp3) is 0.182. The molecule has 0 aliphatic carbocycles. The minimum Gasteiger partial charge on any atom is -0.508 e. The Morgan fingerprint density at radius 2 is 1.87 bits per heavy atom. The maximum atomic E-state index is 12.7. The fourth-order valence-corrected chi connectivity index (χ4v) is 3.47. The second-order valence-electron chi connectivity index (χ2n) is 7.13. The van der Waals surface area contributed by atoms with Crippen LogP contribution in [0.25, 0.3) is 0 Å². The lowest BCUT2D eigenvalue weighted by atomic mass is 9.93. The van der Waals surface area contributed by atoms with Crippen LogP contribution >= 0.6 is 0 Å². The molecule has 0 radical (unpaired) electrons. The van der Waals surface area contributed by atoms with Crippen molar-refractivity contribution >= 4 is 5.97 Å². The lowest BCUT2D eigenvalue weighted by Crippen LogP contribution is -2.35. The smallest absolute Gasteiger partial charge is 0.344 e. The van der Waals surface area contributed by atoms with Crippen LogP contribution in [0.2, 0.25) is 0 Å². The number of pyridine rings is 1. The molecule has 0 saturated carbocycles. The summed E-state index contributed by atoms with van der Waals surface area (Å²) in [6, 6.07) is 10.0. The predicted octanol–water partition coefficient (Wildman–Crippen LogP) is 2.24. The highest BCUT2D eigenvalue weighted by Gasteiger charge is 2.37. The van der Waals surface area contributed by atoms with E-state index in [4.69, 9.17) is 9.47 Å². The Morgan fingerprint density at radius 1 is 1.07 bits per heavy atom. The van der Waals surface area contributed by atoms with Gasteiger partial charge in [0.25, 0.3) is 0 Å². The molecule has 1 aromatic heterocycles. The molecule has 2 atom stereocenters. The summed E-state index contributed by atoms with van der Waals surface area (Å²) < 4.78 is 13.4. The normalized spacial score (nSPS) is 17.6. The summed E-state index contributed by atoms with van der Waals surface area (Å²) >= 11 is 0. The summed E-state index contributed by atoms with van der Waals surface area (Å²) in [7, 11) is 1.78. The van der Waals surface area contributed by atoms with Gasteiger partial charge in [-0.3, -0.25) is 0 Å². The third kappa shape index (κ3) is 3.67. The second kappa shape index (κ2) is 7.47. The Kier molecular flexibility index (Phi) is 4.83. The van der Waals surface area contributed by atoms with Crippen LogP contribution in [0.3, 0.4) is 0 Å². The van der Waals surface area contributed by atoms with E-state index in [1.807, 2.05) is 0 Å². The number of aromatic nitrogens is 1. The maximum Gasteiger partial charge on any atom is 0.344 e. The van der Waals surface area contributed by atoms with Crippen LogP contribution in [0.15, 0.2) is 54.9 Å². The molecule has 8 nitrogen and oxygen atoms in total. The summed E-state index contributed by atoms with van der Waals surface area (Å²) in [5.74, 6) is -1.33. The molecular weight excluding hydrogens is 390 g/mol. The highest BCUT2D eigenvalue weighted by Crippen LogP contribution is 2.43. The number of aromatic hydroxyl groups is 4. The standard InChI is InChI=1S/C22H19NO7/c1-23-6-2-3-13(11-23)22(28)30-20-10-15-17(26)8-14(24)9-19(15)29-21(20)12-4-5-16(25)18(27)7-12/h2-9,11,20-21H,10H2,1H3,(H3-,24,25,26,27)/p+1/t20-,21?/m1/s1. The van der Waals surface area contributed by atoms with Crippen LogP contribution in [0.5, 0.6) is 28.7 Å². The molecule has 1 unspecified atom stereocenters. The van der Waals surface area contributed by atoms with E-state index in [9.17, 15) is 25.2 Å². The van der Waals surface area contributed by atoms with E-state index in [1.165, 1.54) is 30.3 Å². The van der Waals surface area contributed by atoms with Crippen LogP contribution in [0.4, 0.5) is 0 Å². The Labute approximate surface area is 171 Å². The number of phenols is 4. The van der Waals surface area contributed by atoms with E-state index < -0.39 is 18.2 Å². The van der Waals surface area contributed by atoms with Crippen molar-refractivity contribution in [1.82, 2.24) is 0 Å². The molecule has 2 heterocycles. The lowest BCUT2D eigenvalue weighted by Gasteiger charge is -2.33. The number of carbonyl (C=O) groups excluding carboxylic acids is 1. The van der Waals surface area contributed by atoms with E-state index in [0.29, 0.717) is 16.7 Å². The number of rotatable bonds is 3. The molecular formula is C22H20NO7+. The van der Waals surface area contributed by atoms with Gasteiger partial charge in [0.05, 0.1) is 0 Å². The van der Waals surface area contributed by atoms with Crippen LogP contribution in [0, 0.1) is 0 Å². The molecule has 1 aliphatic heterocycles. The molecule has 1 aliphatic rings. The summed E-state index contributed by atoms with van der Waals surface area (Å²) in [6.07, 6.45) is 1.85. The predicted molar refractivity (Wildman–Crippen MR) is 103 cm³/mol. The quantitative estimate of drug-likeness (QED) is 0.297. The molecule has 0 amide bonds. The third-order valence-electron chi connectivity index (χ3n) is 4.93. The van der Waals surface area contributed by atoms with Crippen LogP contribution in [0.1, 0.15) is 27.6 Å². The van der Waals surface area contributed by atoms with E-state index in [1.54, 1.807) is 36.1 Å². The summed E-state index contributed by atoms with van der Waals surface area (Å²) in [5.41, 5.74) is 1.19. The van der Waals surface area contributed by atoms with Gasteiger partial charge in [-0.05, 0) is 18.2 Å². The highest BCUT2D eigenvalue weighted by atomic mass is 16.6. The minimum atomic E-state index is -0.841. The van der Waals surface area contributed by atoms with Crippen molar-refractivity contribution in [1.29, 1.82) is 0 Å². The molecule has 0 fully saturated rings. The SMILES string of the molecule is C[n+]1cccc(C(=O)O[C@@H]2Cc3c(O)cc(O)cc3OC2c2ccc(O)c(O)c2)c1. The van der Waals surface area contributed by atoms with Crippen molar-refractivity contribution in [3.63, 3.8) is 0 Å². The number of fused-ring (bicyclic) bond motifs is 1. The number of aryl methyl sites for hydroxylation is 1. The number of ether oxygens (including phenoxy) is 2. The van der Waals surface area contributed by atoms with Gasteiger partial charge < -0.3 is 29.9 Å². The number of esters is 1. The van der Waals surface area contributed by atoms with Crippen molar-refractivity contribution in [2.24, 2.45) is 7.05 Å². The van der Waals surface area contributed by atoms with E-state index in [-0.39, 0.29) is 35.2 Å². The van der Waals surface area contributed by atoms with Gasteiger partial charge in [0.15, 0.2) is 30.0 Å². The van der Waals surface area contributed by atoms with Gasteiger partial charge in [0.2, 0.25) is 0 Å². The van der Waals surface area contributed by atoms with Crippen molar-refractivity contribution in [2.45, 2.75) is 18.6 Å². The molecule has 0 saturated heterocycles. The van der Waals surface area contributed by atoms with Crippen LogP contribution < -0.4 is 9.30 Å². The van der Waals surface area contributed by atoms with Crippen molar-refractivity contribution < 1.29 is 39.3 Å². The molecule has 4 rings (SSSR count). The Morgan fingerprint density at radius 3 is 2.60 bits per heavy atom. The molecule has 0 bridgehead atoms. The lowest BCUT2D eigenvalue weighted by molar-refractivity contribution is -0.671. The van der Waals surface area contributed by atoms with Crippen LogP contribution in [-0.4, -0.2) is 32.5 Å². The van der Waals surface area contributed by atoms with Gasteiger partial charge in [0.1, 0.15) is 36.0 Å². The molecule has 154 valence electrons. The van der Waals surface area contributed by atoms with Gasteiger partial charge in [-0.25, -0.2) is 9.36 Å². The zero-order chi connectivity index (χ0) is 21.4. The number of phenolic OH excluding ortho intramolecular Hbond substituents is 4. The van der Waals surface area contributed by atoms with E-state index in [0.717, 1.165) is 0 Å². The monoisotopic (exact) mass is 410 g/mol. The number of hydrogen-bond acceptors (Lipinski definition) is 7. The van der Waals surface area contributed by atoms with Gasteiger partial charge in [-0.2, -0.15) is 0 Å². The number of nitrogens with zero attached hydrogens (tertiary/aromatic N) is 1. The van der Waals surface area contributed by atoms with E-state index >= 15 is 0 Å². The molecule has 4 N–H and O–H groups in total.